The highest BCUT2D eigenvalue weighted by Gasteiger charge is 2.09. The van der Waals surface area contributed by atoms with E-state index in [1.54, 1.807) is 0 Å². The molecule has 1 rings (SSSR count). The van der Waals surface area contributed by atoms with Crippen LogP contribution in [0.3, 0.4) is 0 Å². The van der Waals surface area contributed by atoms with Crippen LogP contribution in [-0.4, -0.2) is 24.8 Å². The summed E-state index contributed by atoms with van der Waals surface area (Å²) < 4.78 is 0. The SMILES string of the molecule is CCC(C)CNCC(CO)c1ccccc1. The Morgan fingerprint density at radius 1 is 1.19 bits per heavy atom. The van der Waals surface area contributed by atoms with Crippen LogP contribution in [-0.2, 0) is 0 Å². The predicted octanol–water partition coefficient (Wildman–Crippen LogP) is 2.40. The third kappa shape index (κ3) is 4.33. The summed E-state index contributed by atoms with van der Waals surface area (Å²) in [6.07, 6.45) is 1.20. The summed E-state index contributed by atoms with van der Waals surface area (Å²) in [6.45, 7) is 6.53. The maximum Gasteiger partial charge on any atom is 0.0511 e. The van der Waals surface area contributed by atoms with Gasteiger partial charge in [-0.05, 0) is 18.0 Å². The average Bonchev–Trinajstić information content (AvgIpc) is 2.35. The molecule has 2 N–H and O–H groups in total. The second kappa shape index (κ2) is 7.42. The van der Waals surface area contributed by atoms with E-state index in [2.05, 4.69) is 31.3 Å². The van der Waals surface area contributed by atoms with Crippen molar-refractivity contribution in [3.05, 3.63) is 35.9 Å². The lowest BCUT2D eigenvalue weighted by molar-refractivity contribution is 0.260. The highest BCUT2D eigenvalue weighted by atomic mass is 16.3. The lowest BCUT2D eigenvalue weighted by Gasteiger charge is -2.17. The van der Waals surface area contributed by atoms with Crippen molar-refractivity contribution in [3.63, 3.8) is 0 Å². The molecule has 0 amide bonds. The minimum Gasteiger partial charge on any atom is -0.396 e. The maximum atomic E-state index is 9.36. The van der Waals surface area contributed by atoms with Gasteiger partial charge in [0, 0.05) is 12.5 Å². The van der Waals surface area contributed by atoms with Gasteiger partial charge in [-0.1, -0.05) is 50.6 Å². The summed E-state index contributed by atoms with van der Waals surface area (Å²) in [4.78, 5) is 0. The molecule has 0 aromatic heterocycles. The second-order valence-corrected chi connectivity index (χ2v) is 4.46. The van der Waals surface area contributed by atoms with Crippen molar-refractivity contribution in [2.75, 3.05) is 19.7 Å². The summed E-state index contributed by atoms with van der Waals surface area (Å²) in [5.41, 5.74) is 1.21. The minimum atomic E-state index is 0.206. The van der Waals surface area contributed by atoms with Gasteiger partial charge in [0.1, 0.15) is 0 Å². The quantitative estimate of drug-likeness (QED) is 0.741. The van der Waals surface area contributed by atoms with Gasteiger partial charge in [-0.15, -0.1) is 0 Å². The lowest BCUT2D eigenvalue weighted by atomic mass is 10.00. The third-order valence-electron chi connectivity index (χ3n) is 3.07. The molecule has 16 heavy (non-hydrogen) atoms. The van der Waals surface area contributed by atoms with E-state index < -0.39 is 0 Å². The molecule has 0 spiro atoms. The molecule has 0 radical (unpaired) electrons. The fourth-order valence-electron chi connectivity index (χ4n) is 1.66. The maximum absolute atomic E-state index is 9.36. The van der Waals surface area contributed by atoms with Crippen LogP contribution in [0.25, 0.3) is 0 Å². The number of nitrogens with one attached hydrogen (secondary N) is 1. The summed E-state index contributed by atoms with van der Waals surface area (Å²) in [7, 11) is 0. The molecule has 0 heterocycles. The van der Waals surface area contributed by atoms with Crippen molar-refractivity contribution in [2.24, 2.45) is 5.92 Å². The fraction of sp³-hybridized carbons (Fsp3) is 0.571. The molecule has 0 aliphatic carbocycles. The van der Waals surface area contributed by atoms with Crippen molar-refractivity contribution >= 4 is 0 Å². The molecule has 2 unspecified atom stereocenters. The molecular formula is C14H23NO. The first-order valence-corrected chi connectivity index (χ1v) is 6.14. The molecule has 0 saturated heterocycles. The van der Waals surface area contributed by atoms with Crippen LogP contribution in [0, 0.1) is 5.92 Å². The normalized spacial score (nSPS) is 14.7. The summed E-state index contributed by atoms with van der Waals surface area (Å²) >= 11 is 0. The Labute approximate surface area is 98.7 Å². The van der Waals surface area contributed by atoms with Gasteiger partial charge in [-0.25, -0.2) is 0 Å². The second-order valence-electron chi connectivity index (χ2n) is 4.46. The predicted molar refractivity (Wildman–Crippen MR) is 68.6 cm³/mol. The molecule has 1 aromatic carbocycles. The molecule has 90 valence electrons. The van der Waals surface area contributed by atoms with Crippen molar-refractivity contribution in [1.82, 2.24) is 5.32 Å². The van der Waals surface area contributed by atoms with E-state index in [1.807, 2.05) is 18.2 Å². The van der Waals surface area contributed by atoms with Crippen LogP contribution >= 0.6 is 0 Å². The third-order valence-corrected chi connectivity index (χ3v) is 3.07. The van der Waals surface area contributed by atoms with Crippen LogP contribution in [0.2, 0.25) is 0 Å². The molecule has 0 saturated carbocycles. The molecule has 0 aliphatic rings. The lowest BCUT2D eigenvalue weighted by Crippen LogP contribution is -2.27. The Morgan fingerprint density at radius 3 is 2.44 bits per heavy atom. The monoisotopic (exact) mass is 221 g/mol. The van der Waals surface area contributed by atoms with Crippen molar-refractivity contribution < 1.29 is 5.11 Å². The van der Waals surface area contributed by atoms with Gasteiger partial charge in [0.2, 0.25) is 0 Å². The zero-order chi connectivity index (χ0) is 11.8. The number of hydrogen-bond acceptors (Lipinski definition) is 2. The van der Waals surface area contributed by atoms with Crippen LogP contribution in [0.15, 0.2) is 30.3 Å². The van der Waals surface area contributed by atoms with Gasteiger partial charge in [-0.2, -0.15) is 0 Å². The summed E-state index contributed by atoms with van der Waals surface area (Å²) in [5.74, 6) is 0.917. The topological polar surface area (TPSA) is 32.3 Å². The highest BCUT2D eigenvalue weighted by Crippen LogP contribution is 2.13. The van der Waals surface area contributed by atoms with Gasteiger partial charge in [0.15, 0.2) is 0 Å². The first-order chi connectivity index (χ1) is 7.77. The van der Waals surface area contributed by atoms with Gasteiger partial charge < -0.3 is 10.4 Å². The number of benzene rings is 1. The fourth-order valence-corrected chi connectivity index (χ4v) is 1.66. The number of aliphatic hydroxyl groups is 1. The standard InChI is InChI=1S/C14H23NO/c1-3-12(2)9-15-10-14(11-16)13-7-5-4-6-8-13/h4-8,12,14-16H,3,9-11H2,1-2H3. The first kappa shape index (κ1) is 13.2. The number of hydrogen-bond donors (Lipinski definition) is 2. The van der Waals surface area contributed by atoms with Crippen LogP contribution < -0.4 is 5.32 Å². The average molecular weight is 221 g/mol. The van der Waals surface area contributed by atoms with E-state index in [1.165, 1.54) is 12.0 Å². The van der Waals surface area contributed by atoms with E-state index in [4.69, 9.17) is 0 Å². The van der Waals surface area contributed by atoms with Crippen LogP contribution in [0.5, 0.6) is 0 Å². The van der Waals surface area contributed by atoms with Gasteiger partial charge in [-0.3, -0.25) is 0 Å². The van der Waals surface area contributed by atoms with E-state index in [-0.39, 0.29) is 12.5 Å². The largest absolute Gasteiger partial charge is 0.396 e. The molecule has 0 bridgehead atoms. The minimum absolute atomic E-state index is 0.206. The molecular weight excluding hydrogens is 198 g/mol. The van der Waals surface area contributed by atoms with Crippen LogP contribution in [0.4, 0.5) is 0 Å². The smallest absolute Gasteiger partial charge is 0.0511 e. The van der Waals surface area contributed by atoms with Crippen molar-refractivity contribution in [1.29, 1.82) is 0 Å². The molecule has 2 atom stereocenters. The van der Waals surface area contributed by atoms with Gasteiger partial charge in [0.25, 0.3) is 0 Å². The molecule has 0 fully saturated rings. The highest BCUT2D eigenvalue weighted by molar-refractivity contribution is 5.19. The number of aliphatic hydroxyl groups excluding tert-OH is 1. The van der Waals surface area contributed by atoms with E-state index in [0.717, 1.165) is 13.1 Å². The molecule has 0 aliphatic heterocycles. The Bertz CT molecular complexity index is 273. The van der Waals surface area contributed by atoms with Crippen molar-refractivity contribution in [2.45, 2.75) is 26.2 Å². The van der Waals surface area contributed by atoms with Gasteiger partial charge >= 0.3 is 0 Å². The Morgan fingerprint density at radius 2 is 1.88 bits per heavy atom. The van der Waals surface area contributed by atoms with Crippen molar-refractivity contribution in [3.8, 4) is 0 Å². The number of rotatable bonds is 7. The molecule has 2 nitrogen and oxygen atoms in total. The zero-order valence-corrected chi connectivity index (χ0v) is 10.3. The first-order valence-electron chi connectivity index (χ1n) is 6.14. The van der Waals surface area contributed by atoms with Crippen LogP contribution in [0.1, 0.15) is 31.7 Å². The molecule has 2 heteroatoms. The Balaban J connectivity index is 2.38. The van der Waals surface area contributed by atoms with Gasteiger partial charge in [0.05, 0.1) is 6.61 Å². The van der Waals surface area contributed by atoms with E-state index in [0.29, 0.717) is 5.92 Å². The molecule has 1 aromatic rings. The summed E-state index contributed by atoms with van der Waals surface area (Å²) in [6, 6.07) is 10.2. The Hall–Kier alpha value is -0.860. The Kier molecular flexibility index (Phi) is 6.12. The van der Waals surface area contributed by atoms with E-state index >= 15 is 0 Å². The zero-order valence-electron chi connectivity index (χ0n) is 10.3. The summed E-state index contributed by atoms with van der Waals surface area (Å²) in [5, 5.41) is 12.8. The van der Waals surface area contributed by atoms with E-state index in [9.17, 15) is 5.11 Å².